The molecule has 3 heteroatoms. The van der Waals surface area contributed by atoms with Crippen LogP contribution in [0.2, 0.25) is 0 Å². The molecule has 0 aromatic rings. The molecule has 0 aromatic carbocycles. The predicted octanol–water partition coefficient (Wildman–Crippen LogP) is 1.98. The van der Waals surface area contributed by atoms with Crippen molar-refractivity contribution < 1.29 is 9.84 Å². The summed E-state index contributed by atoms with van der Waals surface area (Å²) in [5, 5.41) is 12.0. The van der Waals surface area contributed by atoms with Crippen molar-refractivity contribution in [2.45, 2.75) is 26.5 Å². The summed E-state index contributed by atoms with van der Waals surface area (Å²) in [4.78, 5) is 0. The van der Waals surface area contributed by atoms with Gasteiger partial charge in [-0.15, -0.1) is 0 Å². The van der Waals surface area contributed by atoms with Gasteiger partial charge in [0, 0.05) is 13.7 Å². The summed E-state index contributed by atoms with van der Waals surface area (Å²) in [5.41, 5.74) is 1.10. The zero-order chi connectivity index (χ0) is 10.3. The van der Waals surface area contributed by atoms with Gasteiger partial charge in [-0.2, -0.15) is 0 Å². The SMILES string of the molecule is C=C(O)/C=C(\C)CCNC(C)OC. The van der Waals surface area contributed by atoms with Gasteiger partial charge in [-0.3, -0.25) is 5.32 Å². The van der Waals surface area contributed by atoms with Gasteiger partial charge in [0.25, 0.3) is 0 Å². The number of aliphatic hydroxyl groups is 1. The molecule has 0 radical (unpaired) electrons. The van der Waals surface area contributed by atoms with E-state index in [1.807, 2.05) is 13.8 Å². The Morgan fingerprint density at radius 1 is 1.69 bits per heavy atom. The van der Waals surface area contributed by atoms with E-state index in [9.17, 15) is 0 Å². The van der Waals surface area contributed by atoms with Gasteiger partial charge in [0.2, 0.25) is 0 Å². The average molecular weight is 185 g/mol. The largest absolute Gasteiger partial charge is 0.509 e. The first-order valence-electron chi connectivity index (χ1n) is 4.37. The highest BCUT2D eigenvalue weighted by Gasteiger charge is 1.96. The molecule has 0 saturated carbocycles. The van der Waals surface area contributed by atoms with Crippen LogP contribution in [0, 0.1) is 0 Å². The van der Waals surface area contributed by atoms with Gasteiger partial charge in [-0.1, -0.05) is 12.2 Å². The second-order valence-corrected chi connectivity index (χ2v) is 3.06. The number of allylic oxidation sites excluding steroid dienone is 1. The van der Waals surface area contributed by atoms with E-state index in [0.29, 0.717) is 0 Å². The molecule has 0 aliphatic heterocycles. The predicted molar refractivity (Wildman–Crippen MR) is 54.6 cm³/mol. The smallest absolute Gasteiger partial charge is 0.108 e. The minimum absolute atomic E-state index is 0.0742. The maximum Gasteiger partial charge on any atom is 0.108 e. The highest BCUT2D eigenvalue weighted by atomic mass is 16.5. The molecule has 0 rings (SSSR count). The van der Waals surface area contributed by atoms with E-state index in [1.54, 1.807) is 13.2 Å². The van der Waals surface area contributed by atoms with E-state index < -0.39 is 0 Å². The summed E-state index contributed by atoms with van der Waals surface area (Å²) < 4.78 is 5.02. The van der Waals surface area contributed by atoms with Crippen LogP contribution in [-0.2, 0) is 4.74 Å². The quantitative estimate of drug-likeness (QED) is 0.377. The molecule has 0 spiro atoms. The summed E-state index contributed by atoms with van der Waals surface area (Å²) in [5.74, 6) is 0.109. The Labute approximate surface area is 80.1 Å². The minimum Gasteiger partial charge on any atom is -0.509 e. The van der Waals surface area contributed by atoms with E-state index >= 15 is 0 Å². The number of rotatable bonds is 6. The molecule has 0 saturated heterocycles. The molecule has 1 atom stereocenters. The van der Waals surface area contributed by atoms with Crippen LogP contribution in [0.15, 0.2) is 24.0 Å². The van der Waals surface area contributed by atoms with Crippen molar-refractivity contribution in [3.05, 3.63) is 24.0 Å². The van der Waals surface area contributed by atoms with Crippen LogP contribution in [0.5, 0.6) is 0 Å². The molecule has 0 aromatic heterocycles. The number of hydrogen-bond acceptors (Lipinski definition) is 3. The molecule has 0 aliphatic carbocycles. The summed E-state index contributed by atoms with van der Waals surface area (Å²) in [6, 6.07) is 0. The van der Waals surface area contributed by atoms with E-state index in [4.69, 9.17) is 9.84 Å². The van der Waals surface area contributed by atoms with E-state index in [2.05, 4.69) is 11.9 Å². The van der Waals surface area contributed by atoms with Crippen LogP contribution in [0.4, 0.5) is 0 Å². The number of ether oxygens (including phenoxy) is 1. The van der Waals surface area contributed by atoms with Crippen molar-refractivity contribution in [2.75, 3.05) is 13.7 Å². The van der Waals surface area contributed by atoms with Crippen molar-refractivity contribution in [3.8, 4) is 0 Å². The van der Waals surface area contributed by atoms with Gasteiger partial charge in [-0.05, 0) is 26.3 Å². The molecule has 0 fully saturated rings. The van der Waals surface area contributed by atoms with Gasteiger partial charge in [0.15, 0.2) is 0 Å². The number of aliphatic hydroxyl groups excluding tert-OH is 1. The summed E-state index contributed by atoms with van der Waals surface area (Å²) >= 11 is 0. The fourth-order valence-electron chi connectivity index (χ4n) is 0.913. The first-order valence-corrected chi connectivity index (χ1v) is 4.37. The first kappa shape index (κ1) is 12.2. The molecule has 2 N–H and O–H groups in total. The van der Waals surface area contributed by atoms with Gasteiger partial charge in [0.05, 0.1) is 0 Å². The standard InChI is InChI=1S/C10H19NO2/c1-8(7-9(2)12)5-6-11-10(3)13-4/h7,10-12H,2,5-6H2,1,3-4H3/b8-7+. The van der Waals surface area contributed by atoms with Crippen LogP contribution in [-0.4, -0.2) is 25.0 Å². The van der Waals surface area contributed by atoms with Crippen molar-refractivity contribution in [1.29, 1.82) is 0 Å². The van der Waals surface area contributed by atoms with Crippen molar-refractivity contribution >= 4 is 0 Å². The molecule has 76 valence electrons. The minimum atomic E-state index is 0.0742. The van der Waals surface area contributed by atoms with Gasteiger partial charge in [-0.25, -0.2) is 0 Å². The monoisotopic (exact) mass is 185 g/mol. The molecule has 0 bridgehead atoms. The molecule has 0 heterocycles. The Balaban J connectivity index is 3.59. The van der Waals surface area contributed by atoms with Crippen LogP contribution >= 0.6 is 0 Å². The average Bonchev–Trinajstić information content (AvgIpc) is 2.02. The topological polar surface area (TPSA) is 41.5 Å². The maximum absolute atomic E-state index is 8.86. The second kappa shape index (κ2) is 6.69. The lowest BCUT2D eigenvalue weighted by Crippen LogP contribution is -2.28. The third kappa shape index (κ3) is 7.56. The second-order valence-electron chi connectivity index (χ2n) is 3.06. The first-order chi connectivity index (χ1) is 6.06. The maximum atomic E-state index is 8.86. The number of hydrogen-bond donors (Lipinski definition) is 2. The fourth-order valence-corrected chi connectivity index (χ4v) is 0.913. The molecule has 1 unspecified atom stereocenters. The molecule has 13 heavy (non-hydrogen) atoms. The van der Waals surface area contributed by atoms with Crippen molar-refractivity contribution in [1.82, 2.24) is 5.32 Å². The van der Waals surface area contributed by atoms with Crippen molar-refractivity contribution in [3.63, 3.8) is 0 Å². The Morgan fingerprint density at radius 3 is 2.77 bits per heavy atom. The van der Waals surface area contributed by atoms with Crippen LogP contribution in [0.1, 0.15) is 20.3 Å². The van der Waals surface area contributed by atoms with Crippen molar-refractivity contribution in [2.24, 2.45) is 0 Å². The summed E-state index contributed by atoms with van der Waals surface area (Å²) in [7, 11) is 1.66. The fraction of sp³-hybridized carbons (Fsp3) is 0.600. The van der Waals surface area contributed by atoms with Crippen LogP contribution < -0.4 is 5.32 Å². The van der Waals surface area contributed by atoms with E-state index in [-0.39, 0.29) is 12.0 Å². The Morgan fingerprint density at radius 2 is 2.31 bits per heavy atom. The Bertz CT molecular complexity index is 187. The van der Waals surface area contributed by atoms with Gasteiger partial charge < -0.3 is 9.84 Å². The van der Waals surface area contributed by atoms with Crippen LogP contribution in [0.25, 0.3) is 0 Å². The van der Waals surface area contributed by atoms with Gasteiger partial charge >= 0.3 is 0 Å². The molecule has 0 amide bonds. The number of methoxy groups -OCH3 is 1. The molecule has 0 aliphatic rings. The van der Waals surface area contributed by atoms with E-state index in [1.165, 1.54) is 0 Å². The summed E-state index contributed by atoms with van der Waals surface area (Å²) in [6.45, 7) is 8.13. The highest BCUT2D eigenvalue weighted by molar-refractivity contribution is 5.12. The molecular weight excluding hydrogens is 166 g/mol. The van der Waals surface area contributed by atoms with Gasteiger partial charge in [0.1, 0.15) is 12.0 Å². The van der Waals surface area contributed by atoms with E-state index in [0.717, 1.165) is 18.5 Å². The zero-order valence-corrected chi connectivity index (χ0v) is 8.63. The normalized spacial score (nSPS) is 14.2. The third-order valence-electron chi connectivity index (χ3n) is 1.72. The Kier molecular flexibility index (Phi) is 6.28. The molecular formula is C10H19NO2. The lowest BCUT2D eigenvalue weighted by molar-refractivity contribution is 0.0901. The lowest BCUT2D eigenvalue weighted by atomic mass is 10.2. The third-order valence-corrected chi connectivity index (χ3v) is 1.72. The zero-order valence-electron chi connectivity index (χ0n) is 8.63. The van der Waals surface area contributed by atoms with Crippen LogP contribution in [0.3, 0.4) is 0 Å². The summed E-state index contributed by atoms with van der Waals surface area (Å²) in [6.07, 6.45) is 2.62. The highest BCUT2D eigenvalue weighted by Crippen LogP contribution is 2.01. The number of nitrogens with one attached hydrogen (secondary N) is 1. The molecule has 3 nitrogen and oxygen atoms in total. The Hall–Kier alpha value is -0.800. The lowest BCUT2D eigenvalue weighted by Gasteiger charge is -2.11.